The van der Waals surface area contributed by atoms with Gasteiger partial charge in [-0.15, -0.1) is 0 Å². The van der Waals surface area contributed by atoms with Gasteiger partial charge in [0.15, 0.2) is 5.76 Å². The van der Waals surface area contributed by atoms with Crippen molar-refractivity contribution in [3.05, 3.63) is 72.2 Å². The molecule has 0 spiro atoms. The molecule has 1 N–H and O–H groups in total. The minimum atomic E-state index is -0.113. The summed E-state index contributed by atoms with van der Waals surface area (Å²) in [5, 5.41) is 5.56. The molecular formula is C26H29N3O3. The van der Waals surface area contributed by atoms with Gasteiger partial charge in [-0.25, -0.2) is 4.79 Å². The predicted octanol–water partition coefficient (Wildman–Crippen LogP) is 4.97. The molecule has 1 aliphatic carbocycles. The Kier molecular flexibility index (Phi) is 5.60. The average molecular weight is 432 g/mol. The van der Waals surface area contributed by atoms with Crippen LogP contribution >= 0.6 is 0 Å². The second-order valence-electron chi connectivity index (χ2n) is 8.83. The van der Waals surface area contributed by atoms with Crippen LogP contribution in [0, 0.1) is 0 Å². The second kappa shape index (κ2) is 8.69. The number of carbonyl (C=O) groups is 2. The Morgan fingerprint density at radius 3 is 2.44 bits per heavy atom. The predicted molar refractivity (Wildman–Crippen MR) is 123 cm³/mol. The second-order valence-corrected chi connectivity index (χ2v) is 8.83. The normalized spacial score (nSPS) is 21.8. The molecule has 5 rings (SSSR count). The Balaban J connectivity index is 1.33. The zero-order valence-electron chi connectivity index (χ0n) is 18.4. The van der Waals surface area contributed by atoms with E-state index in [1.54, 1.807) is 12.1 Å². The van der Waals surface area contributed by atoms with Crippen molar-refractivity contribution >= 4 is 22.7 Å². The van der Waals surface area contributed by atoms with Crippen molar-refractivity contribution in [3.8, 4) is 0 Å². The third-order valence-corrected chi connectivity index (χ3v) is 6.96. The average Bonchev–Trinajstić information content (AvgIpc) is 3.37. The molecule has 3 atom stereocenters. The fourth-order valence-corrected chi connectivity index (χ4v) is 5.39. The summed E-state index contributed by atoms with van der Waals surface area (Å²) in [4.78, 5) is 30.2. The standard InChI is InChI=1S/C26H29N3O3/c1-18(20-11-6-9-19-8-2-3-10-21(19)20)27-26(31)29-16-15-28(22-12-4-5-13-23(22)29)25(30)24-14-7-17-32-24/h2-3,6-11,14,17-18,22-23H,4-5,12-13,15-16H2,1H3,(H,27,31)/t18?,22-,23+/m1/s1. The summed E-state index contributed by atoms with van der Waals surface area (Å²) in [6.45, 7) is 3.09. The summed E-state index contributed by atoms with van der Waals surface area (Å²) >= 11 is 0. The molecule has 3 amide bonds. The van der Waals surface area contributed by atoms with Crippen LogP contribution in [0.2, 0.25) is 0 Å². The number of furan rings is 1. The van der Waals surface area contributed by atoms with Gasteiger partial charge in [0, 0.05) is 13.1 Å². The Labute approximate surface area is 188 Å². The summed E-state index contributed by atoms with van der Waals surface area (Å²) in [6.07, 6.45) is 5.52. The molecule has 3 aromatic rings. The number of hydrogen-bond donors (Lipinski definition) is 1. The SMILES string of the molecule is CC(NC(=O)N1CCN(C(=O)c2ccco2)[C@@H]2CCCC[C@@H]21)c1cccc2ccccc12. The molecule has 1 saturated carbocycles. The number of benzene rings is 2. The zero-order chi connectivity index (χ0) is 22.1. The lowest BCUT2D eigenvalue weighted by atomic mass is 9.86. The van der Waals surface area contributed by atoms with Gasteiger partial charge < -0.3 is 19.5 Å². The van der Waals surface area contributed by atoms with Crippen molar-refractivity contribution in [2.24, 2.45) is 0 Å². The molecule has 2 heterocycles. The van der Waals surface area contributed by atoms with Crippen LogP contribution < -0.4 is 5.32 Å². The highest BCUT2D eigenvalue weighted by atomic mass is 16.3. The van der Waals surface area contributed by atoms with E-state index < -0.39 is 0 Å². The van der Waals surface area contributed by atoms with Gasteiger partial charge in [-0.3, -0.25) is 4.79 Å². The van der Waals surface area contributed by atoms with Crippen LogP contribution in [-0.2, 0) is 0 Å². The molecule has 0 radical (unpaired) electrons. The van der Waals surface area contributed by atoms with Crippen molar-refractivity contribution in [1.82, 2.24) is 15.1 Å². The van der Waals surface area contributed by atoms with Crippen molar-refractivity contribution in [3.63, 3.8) is 0 Å². The highest BCUT2D eigenvalue weighted by Crippen LogP contribution is 2.32. The third-order valence-electron chi connectivity index (χ3n) is 6.96. The first-order valence-corrected chi connectivity index (χ1v) is 11.5. The fourth-order valence-electron chi connectivity index (χ4n) is 5.39. The van der Waals surface area contributed by atoms with Crippen LogP contribution in [0.25, 0.3) is 10.8 Å². The minimum absolute atomic E-state index is 0.0358. The molecule has 1 unspecified atom stereocenters. The first kappa shape index (κ1) is 20.6. The van der Waals surface area contributed by atoms with Crippen molar-refractivity contribution < 1.29 is 14.0 Å². The van der Waals surface area contributed by atoms with Gasteiger partial charge in [-0.1, -0.05) is 55.3 Å². The quantitative estimate of drug-likeness (QED) is 0.637. The number of amides is 3. The van der Waals surface area contributed by atoms with E-state index in [1.165, 1.54) is 11.6 Å². The minimum Gasteiger partial charge on any atom is -0.459 e. The molecule has 2 aromatic carbocycles. The molecule has 2 aliphatic rings. The monoisotopic (exact) mass is 431 g/mol. The molecule has 2 fully saturated rings. The van der Waals surface area contributed by atoms with E-state index >= 15 is 0 Å². The van der Waals surface area contributed by atoms with Crippen molar-refractivity contribution in [2.45, 2.75) is 50.7 Å². The molecular weight excluding hydrogens is 402 g/mol. The summed E-state index contributed by atoms with van der Waals surface area (Å²) in [7, 11) is 0. The molecule has 166 valence electrons. The number of carbonyl (C=O) groups excluding carboxylic acids is 2. The molecule has 6 heteroatoms. The van der Waals surface area contributed by atoms with Gasteiger partial charge in [0.25, 0.3) is 5.91 Å². The lowest BCUT2D eigenvalue weighted by molar-refractivity contribution is 0.0136. The highest BCUT2D eigenvalue weighted by molar-refractivity contribution is 5.92. The van der Waals surface area contributed by atoms with Gasteiger partial charge in [-0.05, 0) is 48.2 Å². The van der Waals surface area contributed by atoms with Crippen LogP contribution in [0.1, 0.15) is 54.8 Å². The van der Waals surface area contributed by atoms with Crippen molar-refractivity contribution in [1.29, 1.82) is 0 Å². The van der Waals surface area contributed by atoms with E-state index in [-0.39, 0.29) is 30.1 Å². The van der Waals surface area contributed by atoms with Crippen molar-refractivity contribution in [2.75, 3.05) is 13.1 Å². The molecule has 1 saturated heterocycles. The number of nitrogens with zero attached hydrogens (tertiary/aromatic N) is 2. The lowest BCUT2D eigenvalue weighted by Gasteiger charge is -2.49. The molecule has 1 aromatic heterocycles. The maximum absolute atomic E-state index is 13.4. The summed E-state index contributed by atoms with van der Waals surface area (Å²) < 4.78 is 5.36. The number of fused-ring (bicyclic) bond motifs is 2. The first-order chi connectivity index (χ1) is 15.6. The summed E-state index contributed by atoms with van der Waals surface area (Å²) in [5.41, 5.74) is 1.11. The van der Waals surface area contributed by atoms with Crippen LogP contribution in [0.4, 0.5) is 4.79 Å². The van der Waals surface area contributed by atoms with Crippen LogP contribution in [0.5, 0.6) is 0 Å². The smallest absolute Gasteiger partial charge is 0.318 e. The summed E-state index contributed by atoms with van der Waals surface area (Å²) in [5.74, 6) is 0.299. The van der Waals surface area contributed by atoms with Gasteiger partial charge >= 0.3 is 6.03 Å². The molecule has 0 bridgehead atoms. The first-order valence-electron chi connectivity index (χ1n) is 11.5. The third kappa shape index (κ3) is 3.74. The van der Waals surface area contributed by atoms with Crippen LogP contribution in [0.15, 0.2) is 65.3 Å². The maximum atomic E-state index is 13.4. The highest BCUT2D eigenvalue weighted by Gasteiger charge is 2.42. The van der Waals surface area contributed by atoms with E-state index in [4.69, 9.17) is 4.42 Å². The zero-order valence-corrected chi connectivity index (χ0v) is 18.4. The Hall–Kier alpha value is -3.28. The Morgan fingerprint density at radius 1 is 0.938 bits per heavy atom. The van der Waals surface area contributed by atoms with Gasteiger partial charge in [0.1, 0.15) is 0 Å². The van der Waals surface area contributed by atoms with Gasteiger partial charge in [0.05, 0.1) is 24.4 Å². The summed E-state index contributed by atoms with van der Waals surface area (Å²) in [6, 6.07) is 17.8. The van der Waals surface area contributed by atoms with Crippen LogP contribution in [-0.4, -0.2) is 46.9 Å². The largest absolute Gasteiger partial charge is 0.459 e. The van der Waals surface area contributed by atoms with Gasteiger partial charge in [-0.2, -0.15) is 0 Å². The van der Waals surface area contributed by atoms with Gasteiger partial charge in [0.2, 0.25) is 0 Å². The Morgan fingerprint density at radius 2 is 1.66 bits per heavy atom. The maximum Gasteiger partial charge on any atom is 0.318 e. The number of hydrogen-bond acceptors (Lipinski definition) is 3. The molecule has 6 nitrogen and oxygen atoms in total. The molecule has 32 heavy (non-hydrogen) atoms. The van der Waals surface area contributed by atoms with E-state index in [9.17, 15) is 9.59 Å². The van der Waals surface area contributed by atoms with E-state index in [2.05, 4.69) is 29.6 Å². The fraction of sp³-hybridized carbons (Fsp3) is 0.385. The number of piperazine rings is 1. The van der Waals surface area contributed by atoms with E-state index in [0.717, 1.165) is 36.6 Å². The lowest BCUT2D eigenvalue weighted by Crippen LogP contribution is -2.64. The topological polar surface area (TPSA) is 65.8 Å². The molecule has 1 aliphatic heterocycles. The van der Waals surface area contributed by atoms with Crippen LogP contribution in [0.3, 0.4) is 0 Å². The Bertz CT molecular complexity index is 1110. The number of urea groups is 1. The van der Waals surface area contributed by atoms with E-state index in [0.29, 0.717) is 18.8 Å². The number of rotatable bonds is 3. The number of nitrogens with one attached hydrogen (secondary N) is 1. The van der Waals surface area contributed by atoms with E-state index in [1.807, 2.05) is 34.9 Å².